The number of hydrogen-bond donors (Lipinski definition) is 0. The van der Waals surface area contributed by atoms with Gasteiger partial charge in [0.25, 0.3) is 5.56 Å². The van der Waals surface area contributed by atoms with Gasteiger partial charge in [-0.05, 0) is 38.7 Å². The summed E-state index contributed by atoms with van der Waals surface area (Å²) >= 11 is 0. The Morgan fingerprint density at radius 2 is 1.75 bits per heavy atom. The number of fused-ring (bicyclic) bond motifs is 1. The molecule has 0 bridgehead atoms. The highest BCUT2D eigenvalue weighted by atomic mass is 16.2. The molecular formula is C19H23N3O2. The van der Waals surface area contributed by atoms with E-state index < -0.39 is 0 Å². The highest BCUT2D eigenvalue weighted by Crippen LogP contribution is 2.34. The van der Waals surface area contributed by atoms with Crippen LogP contribution in [0, 0.1) is 6.92 Å². The maximum Gasteiger partial charge on any atom is 0.275 e. The second-order valence-corrected chi connectivity index (χ2v) is 7.06. The Kier molecular flexibility index (Phi) is 3.87. The number of aryl methyl sites for hydroxylation is 1. The molecule has 1 aromatic heterocycles. The summed E-state index contributed by atoms with van der Waals surface area (Å²) in [6, 6.07) is 8.22. The fraction of sp³-hybridized carbons (Fsp3) is 0.526. The average Bonchev–Trinajstić information content (AvgIpc) is 3.26. The Labute approximate surface area is 141 Å². The third-order valence-corrected chi connectivity index (χ3v) is 5.28. The maximum absolute atomic E-state index is 12.9. The predicted molar refractivity (Wildman–Crippen MR) is 92.9 cm³/mol. The molecule has 0 unspecified atom stereocenters. The zero-order valence-corrected chi connectivity index (χ0v) is 14.1. The van der Waals surface area contributed by atoms with Gasteiger partial charge < -0.3 is 4.90 Å². The molecule has 0 radical (unpaired) electrons. The normalized spacial score (nSPS) is 18.2. The molecule has 0 spiro atoms. The van der Waals surface area contributed by atoms with E-state index in [4.69, 9.17) is 0 Å². The third-order valence-electron chi connectivity index (χ3n) is 5.28. The molecule has 5 heteroatoms. The molecule has 0 saturated heterocycles. The largest absolute Gasteiger partial charge is 0.335 e. The first-order chi connectivity index (χ1) is 11.6. The third kappa shape index (κ3) is 2.72. The van der Waals surface area contributed by atoms with Crippen molar-refractivity contribution in [1.29, 1.82) is 0 Å². The fourth-order valence-corrected chi connectivity index (χ4v) is 3.96. The molecule has 0 aliphatic heterocycles. The van der Waals surface area contributed by atoms with E-state index in [0.717, 1.165) is 36.8 Å². The summed E-state index contributed by atoms with van der Waals surface area (Å²) in [5, 5.41) is 5.88. The lowest BCUT2D eigenvalue weighted by atomic mass is 10.1. The van der Waals surface area contributed by atoms with E-state index in [2.05, 4.69) is 10.00 Å². The number of benzene rings is 1. The molecule has 24 heavy (non-hydrogen) atoms. The fourth-order valence-electron chi connectivity index (χ4n) is 3.96. The predicted octanol–water partition coefficient (Wildman–Crippen LogP) is 2.64. The summed E-state index contributed by atoms with van der Waals surface area (Å²) in [4.78, 5) is 27.6. The first-order valence-electron chi connectivity index (χ1n) is 8.93. The Hall–Kier alpha value is -2.17. The minimum atomic E-state index is -0.174. The zero-order chi connectivity index (χ0) is 16.7. The molecule has 1 amide bonds. The lowest BCUT2D eigenvalue weighted by Crippen LogP contribution is -2.44. The van der Waals surface area contributed by atoms with Gasteiger partial charge in [-0.1, -0.05) is 31.0 Å². The van der Waals surface area contributed by atoms with Crippen molar-refractivity contribution in [2.75, 3.05) is 0 Å². The Morgan fingerprint density at radius 1 is 1.12 bits per heavy atom. The number of carbonyl (C=O) groups excluding carboxylic acids is 1. The van der Waals surface area contributed by atoms with Gasteiger partial charge in [0.1, 0.15) is 6.54 Å². The second kappa shape index (κ2) is 6.04. The number of amides is 1. The van der Waals surface area contributed by atoms with Crippen LogP contribution in [0.3, 0.4) is 0 Å². The SMILES string of the molecule is Cc1nn(CC(=O)N(C2CCCC2)C2CC2)c(=O)c2ccccc12. The highest BCUT2D eigenvalue weighted by molar-refractivity contribution is 5.83. The monoisotopic (exact) mass is 325 g/mol. The highest BCUT2D eigenvalue weighted by Gasteiger charge is 2.38. The summed E-state index contributed by atoms with van der Waals surface area (Å²) in [6.07, 6.45) is 6.80. The van der Waals surface area contributed by atoms with Crippen molar-refractivity contribution in [2.24, 2.45) is 0 Å². The van der Waals surface area contributed by atoms with Crippen LogP contribution in [-0.4, -0.2) is 32.7 Å². The lowest BCUT2D eigenvalue weighted by Gasteiger charge is -2.29. The van der Waals surface area contributed by atoms with Gasteiger partial charge in [-0.15, -0.1) is 0 Å². The lowest BCUT2D eigenvalue weighted by molar-refractivity contribution is -0.135. The summed E-state index contributed by atoms with van der Waals surface area (Å²) in [6.45, 7) is 1.94. The van der Waals surface area contributed by atoms with Crippen LogP contribution in [0.1, 0.15) is 44.2 Å². The van der Waals surface area contributed by atoms with Gasteiger partial charge in [-0.25, -0.2) is 4.68 Å². The summed E-state index contributed by atoms with van der Waals surface area (Å²) in [5.41, 5.74) is 0.614. The molecule has 126 valence electrons. The molecule has 2 aromatic rings. The van der Waals surface area contributed by atoms with Crippen LogP contribution in [0.2, 0.25) is 0 Å². The molecule has 4 rings (SSSR count). The minimum Gasteiger partial charge on any atom is -0.335 e. The van der Waals surface area contributed by atoms with Gasteiger partial charge in [-0.3, -0.25) is 9.59 Å². The van der Waals surface area contributed by atoms with E-state index in [0.29, 0.717) is 17.5 Å². The first-order valence-corrected chi connectivity index (χ1v) is 8.93. The van der Waals surface area contributed by atoms with Crippen LogP contribution in [0.4, 0.5) is 0 Å². The smallest absolute Gasteiger partial charge is 0.275 e. The molecule has 0 N–H and O–H groups in total. The topological polar surface area (TPSA) is 55.2 Å². The Balaban J connectivity index is 1.64. The van der Waals surface area contributed by atoms with Gasteiger partial charge in [0.05, 0.1) is 11.1 Å². The standard InChI is InChI=1S/C19H23N3O2/c1-13-16-8-4-5-9-17(16)19(24)21(20-13)12-18(23)22(15-10-11-15)14-6-2-3-7-14/h4-5,8-9,14-15H,2-3,6-7,10-12H2,1H3. The van der Waals surface area contributed by atoms with E-state index in [1.807, 2.05) is 31.2 Å². The van der Waals surface area contributed by atoms with Gasteiger partial charge in [0.15, 0.2) is 0 Å². The summed E-state index contributed by atoms with van der Waals surface area (Å²) in [5.74, 6) is 0.0497. The molecule has 1 heterocycles. The summed E-state index contributed by atoms with van der Waals surface area (Å²) in [7, 11) is 0. The van der Waals surface area contributed by atoms with Crippen LogP contribution in [0.25, 0.3) is 10.8 Å². The van der Waals surface area contributed by atoms with E-state index in [9.17, 15) is 9.59 Å². The van der Waals surface area contributed by atoms with Crippen molar-refractivity contribution in [2.45, 2.75) is 64.1 Å². The summed E-state index contributed by atoms with van der Waals surface area (Å²) < 4.78 is 1.35. The molecule has 0 atom stereocenters. The van der Waals surface area contributed by atoms with Crippen molar-refractivity contribution < 1.29 is 4.79 Å². The van der Waals surface area contributed by atoms with Crippen LogP contribution >= 0.6 is 0 Å². The molecule has 2 fully saturated rings. The average molecular weight is 325 g/mol. The van der Waals surface area contributed by atoms with Crippen molar-refractivity contribution in [3.63, 3.8) is 0 Å². The van der Waals surface area contributed by atoms with E-state index in [1.165, 1.54) is 17.5 Å². The Morgan fingerprint density at radius 3 is 2.42 bits per heavy atom. The van der Waals surface area contributed by atoms with Crippen molar-refractivity contribution in [3.05, 3.63) is 40.3 Å². The number of aromatic nitrogens is 2. The van der Waals surface area contributed by atoms with Crippen LogP contribution in [-0.2, 0) is 11.3 Å². The van der Waals surface area contributed by atoms with Gasteiger partial charge in [0.2, 0.25) is 5.91 Å². The van der Waals surface area contributed by atoms with Crippen LogP contribution < -0.4 is 5.56 Å². The second-order valence-electron chi connectivity index (χ2n) is 7.06. The Bertz CT molecular complexity index is 832. The molecule has 2 saturated carbocycles. The van der Waals surface area contributed by atoms with Gasteiger partial charge in [-0.2, -0.15) is 5.10 Å². The molecule has 1 aromatic carbocycles. The van der Waals surface area contributed by atoms with Crippen molar-refractivity contribution in [3.8, 4) is 0 Å². The quantitative estimate of drug-likeness (QED) is 0.868. The van der Waals surface area contributed by atoms with E-state index in [-0.39, 0.29) is 18.0 Å². The molecular weight excluding hydrogens is 302 g/mol. The van der Waals surface area contributed by atoms with Crippen LogP contribution in [0.5, 0.6) is 0 Å². The zero-order valence-electron chi connectivity index (χ0n) is 14.1. The molecule has 5 nitrogen and oxygen atoms in total. The molecule has 2 aliphatic rings. The van der Waals surface area contributed by atoms with Crippen molar-refractivity contribution in [1.82, 2.24) is 14.7 Å². The van der Waals surface area contributed by atoms with Gasteiger partial charge in [0, 0.05) is 17.5 Å². The van der Waals surface area contributed by atoms with Gasteiger partial charge >= 0.3 is 0 Å². The number of hydrogen-bond acceptors (Lipinski definition) is 3. The first kappa shape index (κ1) is 15.4. The van der Waals surface area contributed by atoms with E-state index in [1.54, 1.807) is 0 Å². The van der Waals surface area contributed by atoms with Crippen molar-refractivity contribution >= 4 is 16.7 Å². The number of nitrogens with zero attached hydrogens (tertiary/aromatic N) is 3. The number of carbonyl (C=O) groups is 1. The molecule has 2 aliphatic carbocycles. The minimum absolute atomic E-state index is 0.0497. The van der Waals surface area contributed by atoms with E-state index >= 15 is 0 Å². The number of rotatable bonds is 4. The maximum atomic E-state index is 12.9. The van der Waals surface area contributed by atoms with Crippen LogP contribution in [0.15, 0.2) is 29.1 Å².